The van der Waals surface area contributed by atoms with E-state index in [0.29, 0.717) is 25.9 Å². The van der Waals surface area contributed by atoms with Crippen molar-refractivity contribution in [3.63, 3.8) is 0 Å². The molecule has 0 aliphatic carbocycles. The first-order chi connectivity index (χ1) is 12.0. The number of hydrogen-bond donors (Lipinski definition) is 4. The number of piperidine rings is 1. The van der Waals surface area contributed by atoms with Crippen molar-refractivity contribution in [1.82, 2.24) is 21.1 Å². The number of hydrazine groups is 1. The summed E-state index contributed by atoms with van der Waals surface area (Å²) >= 11 is 0. The van der Waals surface area contributed by atoms with Crippen molar-refractivity contribution in [2.75, 3.05) is 26.2 Å². The van der Waals surface area contributed by atoms with Crippen LogP contribution in [-0.2, 0) is 14.4 Å². The number of aliphatic hydroxyl groups excluding tert-OH is 1. The van der Waals surface area contributed by atoms with Gasteiger partial charge in [0.1, 0.15) is 12.6 Å². The molecule has 0 bridgehead atoms. The van der Waals surface area contributed by atoms with Gasteiger partial charge in [0.2, 0.25) is 11.8 Å². The van der Waals surface area contributed by atoms with E-state index in [0.717, 1.165) is 19.4 Å². The Kier molecular flexibility index (Phi) is 7.34. The van der Waals surface area contributed by atoms with Gasteiger partial charge in [0.05, 0.1) is 6.04 Å². The van der Waals surface area contributed by atoms with Crippen LogP contribution in [0.1, 0.15) is 39.5 Å². The second-order valence-electron chi connectivity index (χ2n) is 6.89. The third-order valence-corrected chi connectivity index (χ3v) is 5.21. The Morgan fingerprint density at radius 1 is 1.36 bits per heavy atom. The number of carbonyl (C=O) groups excluding carboxylic acids is 3. The van der Waals surface area contributed by atoms with E-state index in [1.54, 1.807) is 0 Å². The molecule has 2 amide bonds. The van der Waals surface area contributed by atoms with Gasteiger partial charge in [0.15, 0.2) is 5.78 Å². The number of aliphatic hydroxyl groups is 1. The van der Waals surface area contributed by atoms with Crippen molar-refractivity contribution in [1.29, 1.82) is 0 Å². The van der Waals surface area contributed by atoms with Crippen molar-refractivity contribution in [2.45, 2.75) is 51.6 Å². The zero-order chi connectivity index (χ0) is 18.4. The molecule has 2 saturated heterocycles. The number of hydrogen-bond acceptors (Lipinski definition) is 6. The van der Waals surface area contributed by atoms with Crippen molar-refractivity contribution < 1.29 is 19.5 Å². The van der Waals surface area contributed by atoms with E-state index in [-0.39, 0.29) is 29.4 Å². The largest absolute Gasteiger partial charge is 0.389 e. The van der Waals surface area contributed by atoms with Crippen LogP contribution in [0.25, 0.3) is 0 Å². The number of nitrogens with zero attached hydrogens (tertiary/aromatic N) is 1. The average Bonchev–Trinajstić information content (AvgIpc) is 2.63. The molecule has 2 fully saturated rings. The van der Waals surface area contributed by atoms with Crippen LogP contribution >= 0.6 is 0 Å². The maximum absolute atomic E-state index is 12.5. The molecule has 0 aromatic heterocycles. The molecule has 8 nitrogen and oxygen atoms in total. The number of amides is 2. The molecule has 2 rings (SSSR count). The smallest absolute Gasteiger partial charge is 0.245 e. The molecule has 2 aliphatic heterocycles. The summed E-state index contributed by atoms with van der Waals surface area (Å²) in [6.45, 7) is 5.48. The molecule has 0 saturated carbocycles. The molecule has 2 aliphatic rings. The van der Waals surface area contributed by atoms with E-state index in [1.807, 2.05) is 6.92 Å². The molecule has 2 heterocycles. The lowest BCUT2D eigenvalue weighted by molar-refractivity contribution is -0.156. The Bertz CT molecular complexity index is 499. The predicted octanol–water partition coefficient (Wildman–Crippen LogP) is -0.816. The first-order valence-electron chi connectivity index (χ1n) is 9.21. The Balaban J connectivity index is 1.99. The molecule has 0 spiro atoms. The van der Waals surface area contributed by atoms with Gasteiger partial charge in [-0.2, -0.15) is 0 Å². The van der Waals surface area contributed by atoms with Crippen LogP contribution in [0.3, 0.4) is 0 Å². The lowest BCUT2D eigenvalue weighted by atomic mass is 9.74. The standard InChI is InChI=1S/C17H30N4O4/c1-3-4-7-18-8-6-14(24)21-16-12(5-9-19-21)11(2)15(13(23)10-22)20-17(16)25/h11-12,15-16,18-19,22H,3-10H2,1-2H3,(H,20,25). The fraction of sp³-hybridized carbons (Fsp3) is 0.824. The number of carbonyl (C=O) groups is 3. The number of nitrogens with one attached hydrogen (secondary N) is 3. The van der Waals surface area contributed by atoms with Gasteiger partial charge in [-0.15, -0.1) is 0 Å². The second-order valence-corrected chi connectivity index (χ2v) is 6.89. The third kappa shape index (κ3) is 4.56. The van der Waals surface area contributed by atoms with Crippen molar-refractivity contribution >= 4 is 17.6 Å². The fourth-order valence-corrected chi connectivity index (χ4v) is 3.74. The van der Waals surface area contributed by atoms with Gasteiger partial charge >= 0.3 is 0 Å². The monoisotopic (exact) mass is 354 g/mol. The molecule has 25 heavy (non-hydrogen) atoms. The van der Waals surface area contributed by atoms with Crippen LogP contribution < -0.4 is 16.1 Å². The second kappa shape index (κ2) is 9.26. The molecule has 142 valence electrons. The summed E-state index contributed by atoms with van der Waals surface area (Å²) in [5.74, 6) is -1.03. The summed E-state index contributed by atoms with van der Waals surface area (Å²) in [4.78, 5) is 37.0. The van der Waals surface area contributed by atoms with Gasteiger partial charge in [-0.25, -0.2) is 5.43 Å². The summed E-state index contributed by atoms with van der Waals surface area (Å²) in [6, 6.07) is -1.28. The van der Waals surface area contributed by atoms with Crippen LogP contribution in [0.4, 0.5) is 0 Å². The van der Waals surface area contributed by atoms with E-state index >= 15 is 0 Å². The number of ketones is 1. The van der Waals surface area contributed by atoms with Crippen molar-refractivity contribution in [2.24, 2.45) is 11.8 Å². The fourth-order valence-electron chi connectivity index (χ4n) is 3.74. The highest BCUT2D eigenvalue weighted by molar-refractivity contribution is 5.95. The minimum absolute atomic E-state index is 0.0903. The quantitative estimate of drug-likeness (QED) is 0.424. The van der Waals surface area contributed by atoms with Crippen LogP contribution in [0.5, 0.6) is 0 Å². The Morgan fingerprint density at radius 3 is 2.80 bits per heavy atom. The Hall–Kier alpha value is -1.51. The van der Waals surface area contributed by atoms with Crippen molar-refractivity contribution in [3.05, 3.63) is 0 Å². The highest BCUT2D eigenvalue weighted by Crippen LogP contribution is 2.32. The molecule has 0 aromatic rings. The summed E-state index contributed by atoms with van der Waals surface area (Å²) in [5, 5.41) is 16.5. The number of rotatable bonds is 8. The molecular formula is C17H30N4O4. The SMILES string of the molecule is CCCCNCCC(=O)N1NCCC2C(C)C(C(=O)CO)NC(=O)C21. The minimum Gasteiger partial charge on any atom is -0.389 e. The van der Waals surface area contributed by atoms with Gasteiger partial charge < -0.3 is 15.7 Å². The Morgan fingerprint density at radius 2 is 2.12 bits per heavy atom. The average molecular weight is 354 g/mol. The number of fused-ring (bicyclic) bond motifs is 1. The van der Waals surface area contributed by atoms with E-state index in [4.69, 9.17) is 5.11 Å². The lowest BCUT2D eigenvalue weighted by Gasteiger charge is -2.48. The van der Waals surface area contributed by atoms with Gasteiger partial charge in [0, 0.05) is 19.5 Å². The van der Waals surface area contributed by atoms with Gasteiger partial charge in [-0.1, -0.05) is 20.3 Å². The van der Waals surface area contributed by atoms with Crippen LogP contribution in [0, 0.1) is 11.8 Å². The number of Topliss-reactive ketones (excluding diaryl/α,β-unsaturated/α-hetero) is 1. The predicted molar refractivity (Wildman–Crippen MR) is 92.3 cm³/mol. The first kappa shape index (κ1) is 19.8. The minimum atomic E-state index is -0.676. The highest BCUT2D eigenvalue weighted by Gasteiger charge is 2.49. The van der Waals surface area contributed by atoms with Gasteiger partial charge in [-0.3, -0.25) is 19.4 Å². The summed E-state index contributed by atoms with van der Waals surface area (Å²) in [6.07, 6.45) is 3.21. The summed E-state index contributed by atoms with van der Waals surface area (Å²) in [5.41, 5.74) is 3.04. The van der Waals surface area contributed by atoms with E-state index in [9.17, 15) is 14.4 Å². The lowest BCUT2D eigenvalue weighted by Crippen LogP contribution is -2.70. The molecular weight excluding hydrogens is 324 g/mol. The zero-order valence-corrected chi connectivity index (χ0v) is 15.1. The molecule has 4 atom stereocenters. The van der Waals surface area contributed by atoms with E-state index in [1.165, 1.54) is 5.01 Å². The summed E-state index contributed by atoms with van der Waals surface area (Å²) < 4.78 is 0. The molecule has 8 heteroatoms. The first-order valence-corrected chi connectivity index (χ1v) is 9.21. The van der Waals surface area contributed by atoms with Crippen LogP contribution in [0.2, 0.25) is 0 Å². The topological polar surface area (TPSA) is 111 Å². The molecule has 4 unspecified atom stereocenters. The van der Waals surface area contributed by atoms with Gasteiger partial charge in [-0.05, 0) is 31.2 Å². The van der Waals surface area contributed by atoms with Crippen LogP contribution in [0.15, 0.2) is 0 Å². The summed E-state index contributed by atoms with van der Waals surface area (Å²) in [7, 11) is 0. The zero-order valence-electron chi connectivity index (χ0n) is 15.1. The number of unbranched alkanes of at least 4 members (excludes halogenated alkanes) is 1. The van der Waals surface area contributed by atoms with Crippen molar-refractivity contribution in [3.8, 4) is 0 Å². The molecule has 0 radical (unpaired) electrons. The maximum Gasteiger partial charge on any atom is 0.245 e. The Labute approximate surface area is 148 Å². The van der Waals surface area contributed by atoms with E-state index < -0.39 is 18.7 Å². The van der Waals surface area contributed by atoms with Gasteiger partial charge in [0.25, 0.3) is 0 Å². The third-order valence-electron chi connectivity index (χ3n) is 5.21. The maximum atomic E-state index is 12.5. The van der Waals surface area contributed by atoms with E-state index in [2.05, 4.69) is 23.0 Å². The van der Waals surface area contributed by atoms with Crippen LogP contribution in [-0.4, -0.2) is 66.0 Å². The molecule has 0 aromatic carbocycles. The highest BCUT2D eigenvalue weighted by atomic mass is 16.3. The normalized spacial score (nSPS) is 29.1. The molecule has 4 N–H and O–H groups in total.